The van der Waals surface area contributed by atoms with Crippen molar-refractivity contribution in [3.63, 3.8) is 0 Å². The van der Waals surface area contributed by atoms with E-state index in [4.69, 9.17) is 37.1 Å². The third kappa shape index (κ3) is 5.80. The van der Waals surface area contributed by atoms with Gasteiger partial charge in [0.05, 0.1) is 37.3 Å². The molecule has 1 amide bonds. The molecule has 0 radical (unpaired) electrons. The molecule has 0 spiro atoms. The van der Waals surface area contributed by atoms with Crippen LogP contribution in [0, 0.1) is 0 Å². The summed E-state index contributed by atoms with van der Waals surface area (Å²) in [6.07, 6.45) is 2.92. The first-order valence-corrected chi connectivity index (χ1v) is 11.3. The monoisotopic (exact) mass is 500 g/mol. The first-order chi connectivity index (χ1) is 16.4. The molecule has 4 rings (SSSR count). The van der Waals surface area contributed by atoms with Gasteiger partial charge in [0.25, 0.3) is 0 Å². The first kappa shape index (κ1) is 23.9. The van der Waals surface area contributed by atoms with Crippen molar-refractivity contribution >= 4 is 52.5 Å². The lowest BCUT2D eigenvalue weighted by Crippen LogP contribution is -2.36. The van der Waals surface area contributed by atoms with Gasteiger partial charge < -0.3 is 24.1 Å². The molecule has 2 aromatic carbocycles. The van der Waals surface area contributed by atoms with Crippen LogP contribution < -0.4 is 10.2 Å². The van der Waals surface area contributed by atoms with Crippen LogP contribution in [0.15, 0.2) is 59.0 Å². The highest BCUT2D eigenvalue weighted by Crippen LogP contribution is 2.30. The van der Waals surface area contributed by atoms with Crippen molar-refractivity contribution in [1.29, 1.82) is 0 Å². The van der Waals surface area contributed by atoms with Crippen LogP contribution in [0.2, 0.25) is 10.0 Å². The third-order valence-electron chi connectivity index (χ3n) is 5.20. The van der Waals surface area contributed by atoms with E-state index in [1.807, 2.05) is 0 Å². The molecule has 34 heavy (non-hydrogen) atoms. The molecule has 0 saturated carbocycles. The summed E-state index contributed by atoms with van der Waals surface area (Å²) in [4.78, 5) is 26.8. The van der Waals surface area contributed by atoms with Crippen LogP contribution in [0.5, 0.6) is 0 Å². The lowest BCUT2D eigenvalue weighted by atomic mass is 10.1. The number of furan rings is 1. The minimum absolute atomic E-state index is 0.342. The predicted octanol–water partition coefficient (Wildman–Crippen LogP) is 5.53. The van der Waals surface area contributed by atoms with Gasteiger partial charge in [-0.2, -0.15) is 0 Å². The minimum atomic E-state index is -0.483. The van der Waals surface area contributed by atoms with Crippen LogP contribution in [0.1, 0.15) is 16.1 Å². The number of hydrogen-bond acceptors (Lipinski definition) is 6. The van der Waals surface area contributed by atoms with Crippen LogP contribution in [0.3, 0.4) is 0 Å². The SMILES string of the molecule is COC(=O)c1ccc(N2CCOCC2)c(NC(=O)C=Cc2ccc(-c3cc(Cl)cc(Cl)c3)o2)c1. The highest BCUT2D eigenvalue weighted by molar-refractivity contribution is 6.35. The van der Waals surface area contributed by atoms with Crippen molar-refractivity contribution in [2.24, 2.45) is 0 Å². The van der Waals surface area contributed by atoms with Crippen LogP contribution in [-0.4, -0.2) is 45.3 Å². The maximum Gasteiger partial charge on any atom is 0.337 e. The first-order valence-electron chi connectivity index (χ1n) is 10.5. The Bertz CT molecular complexity index is 1210. The van der Waals surface area contributed by atoms with E-state index in [9.17, 15) is 9.59 Å². The number of carbonyl (C=O) groups is 2. The highest BCUT2D eigenvalue weighted by atomic mass is 35.5. The van der Waals surface area contributed by atoms with E-state index in [2.05, 4.69) is 10.2 Å². The Balaban J connectivity index is 1.52. The van der Waals surface area contributed by atoms with Gasteiger partial charge in [0.15, 0.2) is 0 Å². The van der Waals surface area contributed by atoms with E-state index in [1.165, 1.54) is 13.2 Å². The zero-order chi connectivity index (χ0) is 24.1. The molecule has 1 N–H and O–H groups in total. The summed E-state index contributed by atoms with van der Waals surface area (Å²) in [6, 6.07) is 13.7. The molecule has 176 valence electrons. The fourth-order valence-corrected chi connectivity index (χ4v) is 4.11. The molecular weight excluding hydrogens is 479 g/mol. The Morgan fingerprint density at radius 3 is 2.47 bits per heavy atom. The summed E-state index contributed by atoms with van der Waals surface area (Å²) in [5.41, 5.74) is 2.38. The topological polar surface area (TPSA) is 81.0 Å². The average Bonchev–Trinajstić information content (AvgIpc) is 3.31. The number of morpholine rings is 1. The number of nitrogens with zero attached hydrogens (tertiary/aromatic N) is 1. The summed E-state index contributed by atoms with van der Waals surface area (Å²) >= 11 is 12.1. The van der Waals surface area contributed by atoms with E-state index in [0.29, 0.717) is 59.1 Å². The molecule has 1 aliphatic rings. The number of amides is 1. The lowest BCUT2D eigenvalue weighted by Gasteiger charge is -2.30. The van der Waals surface area contributed by atoms with Crippen molar-refractivity contribution < 1.29 is 23.5 Å². The van der Waals surface area contributed by atoms with Gasteiger partial charge in [0.1, 0.15) is 11.5 Å². The standard InChI is InChI=1S/C25H22Cl2N2O5/c1-32-25(31)16-2-5-22(29-8-10-33-11-9-29)21(14-16)28-24(30)7-4-20-3-6-23(34-20)17-12-18(26)15-19(27)13-17/h2-7,12-15H,8-11H2,1H3,(H,28,30). The second kappa shape index (κ2) is 10.8. The molecule has 9 heteroatoms. The summed E-state index contributed by atoms with van der Waals surface area (Å²) < 4.78 is 16.0. The third-order valence-corrected chi connectivity index (χ3v) is 5.64. The molecular formula is C25H22Cl2N2O5. The van der Waals surface area contributed by atoms with Crippen molar-refractivity contribution in [2.45, 2.75) is 0 Å². The molecule has 7 nitrogen and oxygen atoms in total. The summed E-state index contributed by atoms with van der Waals surface area (Å²) in [5.74, 6) is 0.201. The average molecular weight is 501 g/mol. The molecule has 1 aliphatic heterocycles. The molecule has 1 aromatic heterocycles. The van der Waals surface area contributed by atoms with Crippen LogP contribution in [0.25, 0.3) is 17.4 Å². The quantitative estimate of drug-likeness (QED) is 0.354. The number of carbonyl (C=O) groups excluding carboxylic acids is 2. The Morgan fingerprint density at radius 1 is 1.03 bits per heavy atom. The molecule has 0 unspecified atom stereocenters. The fourth-order valence-electron chi connectivity index (χ4n) is 3.59. The van der Waals surface area contributed by atoms with Gasteiger partial charge in [-0.3, -0.25) is 4.79 Å². The smallest absolute Gasteiger partial charge is 0.337 e. The Hall–Kier alpha value is -3.26. The zero-order valence-electron chi connectivity index (χ0n) is 18.3. The number of rotatable bonds is 6. The second-order valence-electron chi connectivity index (χ2n) is 7.51. The number of nitrogens with one attached hydrogen (secondary N) is 1. The zero-order valence-corrected chi connectivity index (χ0v) is 19.9. The Kier molecular flexibility index (Phi) is 7.57. The van der Waals surface area contributed by atoms with Crippen molar-refractivity contribution in [1.82, 2.24) is 0 Å². The summed E-state index contributed by atoms with van der Waals surface area (Å²) in [7, 11) is 1.31. The number of esters is 1. The number of ether oxygens (including phenoxy) is 2. The minimum Gasteiger partial charge on any atom is -0.465 e. The predicted molar refractivity (Wildman–Crippen MR) is 133 cm³/mol. The maximum atomic E-state index is 12.7. The number of hydrogen-bond donors (Lipinski definition) is 1. The number of methoxy groups -OCH3 is 1. The Morgan fingerprint density at radius 2 is 1.76 bits per heavy atom. The lowest BCUT2D eigenvalue weighted by molar-refractivity contribution is -0.111. The second-order valence-corrected chi connectivity index (χ2v) is 8.38. The summed E-state index contributed by atoms with van der Waals surface area (Å²) in [5, 5.41) is 3.86. The highest BCUT2D eigenvalue weighted by Gasteiger charge is 2.18. The molecule has 0 bridgehead atoms. The molecule has 0 atom stereocenters. The van der Waals surface area contributed by atoms with E-state index >= 15 is 0 Å². The summed E-state index contributed by atoms with van der Waals surface area (Å²) in [6.45, 7) is 2.54. The molecule has 2 heterocycles. The van der Waals surface area contributed by atoms with Crippen LogP contribution in [0.4, 0.5) is 11.4 Å². The van der Waals surface area contributed by atoms with E-state index < -0.39 is 5.97 Å². The fraction of sp³-hybridized carbons (Fsp3) is 0.200. The van der Waals surface area contributed by atoms with Gasteiger partial charge in [-0.15, -0.1) is 0 Å². The van der Waals surface area contributed by atoms with E-state index in [1.54, 1.807) is 54.6 Å². The van der Waals surface area contributed by atoms with Gasteiger partial charge in [-0.05, 0) is 54.6 Å². The van der Waals surface area contributed by atoms with Crippen LogP contribution in [-0.2, 0) is 14.3 Å². The number of anilines is 2. The van der Waals surface area contributed by atoms with Crippen LogP contribution >= 0.6 is 23.2 Å². The van der Waals surface area contributed by atoms with E-state index in [0.717, 1.165) is 11.3 Å². The van der Waals surface area contributed by atoms with Gasteiger partial charge in [0, 0.05) is 34.8 Å². The number of halogens is 2. The molecule has 0 aliphatic carbocycles. The van der Waals surface area contributed by atoms with Gasteiger partial charge in [-0.25, -0.2) is 4.79 Å². The van der Waals surface area contributed by atoms with Crippen molar-refractivity contribution in [2.75, 3.05) is 43.6 Å². The molecule has 1 fully saturated rings. The maximum absolute atomic E-state index is 12.7. The largest absolute Gasteiger partial charge is 0.465 e. The normalized spacial score (nSPS) is 13.8. The van der Waals surface area contributed by atoms with Crippen molar-refractivity contribution in [3.05, 3.63) is 76.0 Å². The van der Waals surface area contributed by atoms with E-state index in [-0.39, 0.29) is 5.91 Å². The van der Waals surface area contributed by atoms with Crippen molar-refractivity contribution in [3.8, 4) is 11.3 Å². The molecule has 1 saturated heterocycles. The number of benzene rings is 2. The van der Waals surface area contributed by atoms with Gasteiger partial charge in [-0.1, -0.05) is 23.2 Å². The Labute approximate surface area is 206 Å². The van der Waals surface area contributed by atoms with Gasteiger partial charge >= 0.3 is 5.97 Å². The molecule has 3 aromatic rings. The van der Waals surface area contributed by atoms with Gasteiger partial charge in [0.2, 0.25) is 5.91 Å².